The maximum Gasteiger partial charge on any atom is 0.460 e. The second-order valence-corrected chi connectivity index (χ2v) is 9.06. The van der Waals surface area contributed by atoms with Gasteiger partial charge in [0.15, 0.2) is 0 Å². The molecule has 0 aliphatic heterocycles. The number of hydrogen-bond donors (Lipinski definition) is 1. The molecule has 0 aromatic carbocycles. The Balaban J connectivity index is 3.06. The fourth-order valence-electron chi connectivity index (χ4n) is 3.01. The predicted molar refractivity (Wildman–Crippen MR) is 105 cm³/mol. The molecule has 226 valence electrons. The third kappa shape index (κ3) is 5.84. The van der Waals surface area contributed by atoms with Crippen LogP contribution >= 0.6 is 22.6 Å². The van der Waals surface area contributed by atoms with Crippen LogP contribution in [0.5, 0.6) is 0 Å². The van der Waals surface area contributed by atoms with Crippen molar-refractivity contribution in [2.75, 3.05) is 0 Å². The van der Waals surface area contributed by atoms with E-state index in [9.17, 15) is 79.4 Å². The van der Waals surface area contributed by atoms with E-state index >= 15 is 0 Å². The van der Waals surface area contributed by atoms with Gasteiger partial charge >= 0.3 is 53.6 Å². The molecule has 0 saturated heterocycles. The van der Waals surface area contributed by atoms with Gasteiger partial charge in [-0.15, -0.1) is 0 Å². The van der Waals surface area contributed by atoms with Gasteiger partial charge in [-0.05, 0) is 47.4 Å². The summed E-state index contributed by atoms with van der Waals surface area (Å²) in [5.74, 6) is -50.1. The minimum Gasteiger partial charge on any atom is -0.478 e. The topological polar surface area (TPSA) is 37.3 Å². The Morgan fingerprint density at radius 1 is 0.769 bits per heavy atom. The Labute approximate surface area is 219 Å². The molecule has 39 heavy (non-hydrogen) atoms. The van der Waals surface area contributed by atoms with Crippen LogP contribution in [0.25, 0.3) is 0 Å². The smallest absolute Gasteiger partial charge is 0.460 e. The maximum atomic E-state index is 13.9. The van der Waals surface area contributed by atoms with E-state index < -0.39 is 94.0 Å². The number of carboxylic acids is 1. The maximum absolute atomic E-state index is 13.9. The lowest BCUT2D eigenvalue weighted by atomic mass is 9.88. The number of carboxylic acid groups (broad SMARTS) is 1. The van der Waals surface area contributed by atoms with Gasteiger partial charge in [-0.3, -0.25) is 0 Å². The minimum atomic E-state index is -8.03. The molecular weight excluding hydrogens is 710 g/mol. The highest BCUT2D eigenvalue weighted by Gasteiger charge is 2.90. The quantitative estimate of drug-likeness (QED) is 0.132. The minimum absolute atomic E-state index is 0.264. The highest BCUT2D eigenvalue weighted by atomic mass is 127. The van der Waals surface area contributed by atoms with Gasteiger partial charge in [0, 0.05) is 16.1 Å². The van der Waals surface area contributed by atoms with E-state index in [4.69, 9.17) is 5.11 Å². The molecule has 20 heteroatoms. The van der Waals surface area contributed by atoms with Crippen LogP contribution < -0.4 is 0 Å². The summed E-state index contributed by atoms with van der Waals surface area (Å²) < 4.78 is 224. The van der Waals surface area contributed by atoms with E-state index in [1.807, 2.05) is 0 Å². The summed E-state index contributed by atoms with van der Waals surface area (Å²) >= 11 is 1.08. The van der Waals surface area contributed by atoms with E-state index in [-0.39, 0.29) is 6.08 Å². The zero-order valence-electron chi connectivity index (χ0n) is 18.2. The van der Waals surface area contributed by atoms with Crippen molar-refractivity contribution in [2.24, 2.45) is 0 Å². The Kier molecular flexibility index (Phi) is 9.55. The summed E-state index contributed by atoms with van der Waals surface area (Å²) in [7, 11) is 0. The Bertz CT molecular complexity index is 1040. The Morgan fingerprint density at radius 3 is 1.64 bits per heavy atom. The molecule has 0 saturated carbocycles. The van der Waals surface area contributed by atoms with Crippen LogP contribution in [0, 0.1) is 0 Å². The third-order valence-electron chi connectivity index (χ3n) is 5.20. The van der Waals surface area contributed by atoms with Crippen molar-refractivity contribution in [1.82, 2.24) is 0 Å². The van der Waals surface area contributed by atoms with Crippen LogP contribution in [0.1, 0.15) is 25.7 Å². The first-order chi connectivity index (χ1) is 17.0. The van der Waals surface area contributed by atoms with Crippen molar-refractivity contribution in [3.8, 4) is 0 Å². The molecule has 1 aliphatic rings. The van der Waals surface area contributed by atoms with E-state index in [2.05, 4.69) is 0 Å². The van der Waals surface area contributed by atoms with Crippen molar-refractivity contribution in [3.63, 3.8) is 0 Å². The predicted octanol–water partition coefficient (Wildman–Crippen LogP) is 8.83. The second kappa shape index (κ2) is 10.6. The number of allylic oxidation sites excluding steroid dienone is 5. The first-order valence-electron chi connectivity index (χ1n) is 9.76. The molecule has 0 atom stereocenters. The number of aliphatic carboxylic acids is 1. The van der Waals surface area contributed by atoms with Crippen LogP contribution in [-0.2, 0) is 4.79 Å². The first kappa shape index (κ1) is 35.3. The molecular formula is C19H12F17IO2. The van der Waals surface area contributed by atoms with Crippen molar-refractivity contribution < 1.29 is 84.5 Å². The van der Waals surface area contributed by atoms with E-state index in [0.29, 0.717) is 12.2 Å². The summed E-state index contributed by atoms with van der Waals surface area (Å²) in [4.78, 5) is 11.1. The van der Waals surface area contributed by atoms with Gasteiger partial charge < -0.3 is 5.11 Å². The fraction of sp³-hybridized carbons (Fsp3) is 0.632. The number of halogens is 18. The van der Waals surface area contributed by atoms with Gasteiger partial charge in [0.1, 0.15) is 5.57 Å². The molecule has 0 aromatic rings. The van der Waals surface area contributed by atoms with Gasteiger partial charge in [0.25, 0.3) is 0 Å². The average Bonchev–Trinajstić information content (AvgIpc) is 2.71. The summed E-state index contributed by atoms with van der Waals surface area (Å²) in [6, 6.07) is 0. The van der Waals surface area contributed by atoms with E-state index in [0.717, 1.165) is 22.6 Å². The molecule has 1 rings (SSSR count). The van der Waals surface area contributed by atoms with Crippen LogP contribution in [-0.4, -0.2) is 58.7 Å². The lowest BCUT2D eigenvalue weighted by Crippen LogP contribution is -2.70. The van der Waals surface area contributed by atoms with Crippen molar-refractivity contribution in [3.05, 3.63) is 33.0 Å². The van der Waals surface area contributed by atoms with Crippen LogP contribution in [0.15, 0.2) is 33.0 Å². The summed E-state index contributed by atoms with van der Waals surface area (Å²) in [5, 5.41) is 8.92. The van der Waals surface area contributed by atoms with E-state index in [1.165, 1.54) is 0 Å². The number of hydrogen-bond acceptors (Lipinski definition) is 1. The second-order valence-electron chi connectivity index (χ2n) is 7.90. The normalized spacial score (nSPS) is 19.5. The zero-order valence-corrected chi connectivity index (χ0v) is 20.4. The van der Waals surface area contributed by atoms with Gasteiger partial charge in [-0.1, -0.05) is 12.2 Å². The van der Waals surface area contributed by atoms with Crippen molar-refractivity contribution in [2.45, 2.75) is 73.3 Å². The SMILES string of the molecule is O=C(O)C1=C(CCC=CCCC(F)(F)C(F)(F)C(F)(F)C(F)(F)C(F)(F)C(F)(F)F)C(I)=CC(F)(F)C1(F)F. The van der Waals surface area contributed by atoms with Crippen LogP contribution in [0.3, 0.4) is 0 Å². The van der Waals surface area contributed by atoms with Gasteiger partial charge in [-0.2, -0.15) is 74.6 Å². The number of carbonyl (C=O) groups is 1. The molecule has 0 spiro atoms. The van der Waals surface area contributed by atoms with Crippen molar-refractivity contribution >= 4 is 28.6 Å². The summed E-state index contributed by atoms with van der Waals surface area (Å²) in [6.07, 6.45) is -12.1. The van der Waals surface area contributed by atoms with Gasteiger partial charge in [0.05, 0.1) is 0 Å². The van der Waals surface area contributed by atoms with Gasteiger partial charge in [-0.25, -0.2) is 4.79 Å². The number of rotatable bonds is 11. The molecule has 1 aliphatic carbocycles. The van der Waals surface area contributed by atoms with Crippen molar-refractivity contribution in [1.29, 1.82) is 0 Å². The molecule has 0 aromatic heterocycles. The molecule has 2 nitrogen and oxygen atoms in total. The molecule has 0 amide bonds. The lowest BCUT2D eigenvalue weighted by Gasteiger charge is -2.39. The number of alkyl halides is 17. The van der Waals surface area contributed by atoms with Gasteiger partial charge in [0.2, 0.25) is 0 Å². The zero-order chi connectivity index (χ0) is 31.3. The fourth-order valence-corrected chi connectivity index (χ4v) is 3.94. The molecule has 0 radical (unpaired) electrons. The lowest BCUT2D eigenvalue weighted by molar-refractivity contribution is -0.440. The summed E-state index contributed by atoms with van der Waals surface area (Å²) in [6.45, 7) is 0. The molecule has 0 fully saturated rings. The summed E-state index contributed by atoms with van der Waals surface area (Å²) in [5.41, 5.74) is -2.86. The monoisotopic (exact) mass is 722 g/mol. The molecule has 0 bridgehead atoms. The molecule has 0 heterocycles. The van der Waals surface area contributed by atoms with Crippen LogP contribution in [0.4, 0.5) is 74.6 Å². The highest BCUT2D eigenvalue weighted by Crippen LogP contribution is 2.60. The van der Waals surface area contributed by atoms with E-state index in [1.54, 1.807) is 0 Å². The average molecular weight is 722 g/mol. The molecule has 0 unspecified atom stereocenters. The highest BCUT2D eigenvalue weighted by molar-refractivity contribution is 14.1. The third-order valence-corrected chi connectivity index (χ3v) is 6.16. The largest absolute Gasteiger partial charge is 0.478 e. The molecule has 1 N–H and O–H groups in total. The van der Waals surface area contributed by atoms with Crippen LogP contribution in [0.2, 0.25) is 0 Å². The standard InChI is InChI=1S/C19H12F17IO2/c20-12(21,15(26,27)16(28,29)17(30,31)18(32,33)19(34,35)36)6-4-2-1-3-5-8-9(37)7-13(22,23)14(24,25)10(8)11(38)39/h1-2,7H,3-6H2,(H,38,39). The first-order valence-corrected chi connectivity index (χ1v) is 10.8. The Morgan fingerprint density at radius 2 is 1.21 bits per heavy atom. The Hall–Kier alpha value is -1.77.